The lowest BCUT2D eigenvalue weighted by atomic mass is 9.93. The summed E-state index contributed by atoms with van der Waals surface area (Å²) in [6.45, 7) is 0. The molecule has 1 N–H and O–H groups in total. The molecule has 0 spiro atoms. The molecule has 1 heterocycles. The monoisotopic (exact) mass is 319 g/mol. The highest BCUT2D eigenvalue weighted by Gasteiger charge is 2.26. The molecule has 22 heavy (non-hydrogen) atoms. The van der Waals surface area contributed by atoms with Crippen molar-refractivity contribution in [3.63, 3.8) is 0 Å². The van der Waals surface area contributed by atoms with E-state index in [9.17, 15) is 13.2 Å². The molecule has 2 aromatic rings. The van der Waals surface area contributed by atoms with Gasteiger partial charge < -0.3 is 9.73 Å². The zero-order valence-corrected chi connectivity index (χ0v) is 13.0. The minimum atomic E-state index is -3.45. The maximum Gasteiger partial charge on any atom is 0.253 e. The van der Waals surface area contributed by atoms with Crippen molar-refractivity contribution in [3.05, 3.63) is 53.5 Å². The van der Waals surface area contributed by atoms with Crippen LogP contribution in [0.3, 0.4) is 0 Å². The maximum atomic E-state index is 12.5. The second-order valence-corrected chi connectivity index (χ2v) is 7.47. The lowest BCUT2D eigenvalue weighted by Gasteiger charge is -2.23. The van der Waals surface area contributed by atoms with Gasteiger partial charge in [0.15, 0.2) is 9.84 Å². The number of sulfone groups is 1. The molecule has 1 aromatic carbocycles. The van der Waals surface area contributed by atoms with Gasteiger partial charge in [0.1, 0.15) is 5.76 Å². The number of fused-ring (bicyclic) bond motifs is 1. The molecule has 0 saturated heterocycles. The van der Waals surface area contributed by atoms with Crippen molar-refractivity contribution >= 4 is 15.7 Å². The summed E-state index contributed by atoms with van der Waals surface area (Å²) in [6, 6.07) is 7.99. The van der Waals surface area contributed by atoms with Crippen molar-refractivity contribution in [2.24, 2.45) is 0 Å². The van der Waals surface area contributed by atoms with E-state index in [1.807, 2.05) is 6.07 Å². The molecule has 1 aliphatic carbocycles. The second kappa shape index (κ2) is 5.61. The predicted molar refractivity (Wildman–Crippen MR) is 81.4 cm³/mol. The highest BCUT2D eigenvalue weighted by atomic mass is 32.2. The molecule has 3 rings (SSSR count). The molecule has 0 bridgehead atoms. The first-order chi connectivity index (χ1) is 10.5. The van der Waals surface area contributed by atoms with Gasteiger partial charge in [-0.05, 0) is 31.0 Å². The molecule has 1 aromatic heterocycles. The second-order valence-electron chi connectivity index (χ2n) is 5.49. The zero-order chi connectivity index (χ0) is 15.7. The number of hydrogen-bond acceptors (Lipinski definition) is 4. The van der Waals surface area contributed by atoms with Gasteiger partial charge in [-0.1, -0.05) is 12.1 Å². The minimum absolute atomic E-state index is 0.0516. The topological polar surface area (TPSA) is 76.4 Å². The van der Waals surface area contributed by atoms with Crippen molar-refractivity contribution in [2.45, 2.75) is 30.2 Å². The van der Waals surface area contributed by atoms with Crippen LogP contribution >= 0.6 is 0 Å². The van der Waals surface area contributed by atoms with Gasteiger partial charge in [0, 0.05) is 18.2 Å². The molecule has 0 radical (unpaired) electrons. The molecule has 0 saturated carbocycles. The first-order valence-corrected chi connectivity index (χ1v) is 9.02. The van der Waals surface area contributed by atoms with Crippen LogP contribution in [0, 0.1) is 0 Å². The third-order valence-corrected chi connectivity index (χ3v) is 5.04. The quantitative estimate of drug-likeness (QED) is 0.943. The van der Waals surface area contributed by atoms with Crippen LogP contribution in [-0.2, 0) is 16.3 Å². The number of carbonyl (C=O) groups is 1. The van der Waals surface area contributed by atoms with Crippen LogP contribution in [-0.4, -0.2) is 20.6 Å². The van der Waals surface area contributed by atoms with Gasteiger partial charge in [-0.3, -0.25) is 4.79 Å². The Labute approximate surface area is 129 Å². The average Bonchev–Trinajstić information content (AvgIpc) is 2.96. The van der Waals surface area contributed by atoms with E-state index in [1.165, 1.54) is 12.1 Å². The van der Waals surface area contributed by atoms with E-state index in [1.54, 1.807) is 18.4 Å². The minimum Gasteiger partial charge on any atom is -0.469 e. The summed E-state index contributed by atoms with van der Waals surface area (Å²) in [6.07, 6.45) is 5.35. The molecule has 1 atom stereocenters. The number of amides is 1. The SMILES string of the molecule is CS(=O)(=O)c1ccccc1C(=O)NC1CCCc2occc21. The summed E-state index contributed by atoms with van der Waals surface area (Å²) in [5.74, 6) is 0.521. The van der Waals surface area contributed by atoms with Gasteiger partial charge >= 0.3 is 0 Å². The van der Waals surface area contributed by atoms with Crippen LogP contribution < -0.4 is 5.32 Å². The Morgan fingerprint density at radius 3 is 2.82 bits per heavy atom. The number of hydrogen-bond donors (Lipinski definition) is 1. The Kier molecular flexibility index (Phi) is 3.78. The number of rotatable bonds is 3. The molecule has 5 nitrogen and oxygen atoms in total. The highest BCUT2D eigenvalue weighted by molar-refractivity contribution is 7.90. The molecule has 116 valence electrons. The lowest BCUT2D eigenvalue weighted by molar-refractivity contribution is 0.0929. The lowest BCUT2D eigenvalue weighted by Crippen LogP contribution is -2.31. The van der Waals surface area contributed by atoms with Crippen molar-refractivity contribution in [1.82, 2.24) is 5.32 Å². The summed E-state index contributed by atoms with van der Waals surface area (Å²) < 4.78 is 29.0. The average molecular weight is 319 g/mol. The molecule has 1 aliphatic rings. The largest absolute Gasteiger partial charge is 0.469 e. The summed E-state index contributed by atoms with van der Waals surface area (Å²) in [5.41, 5.74) is 1.16. The summed E-state index contributed by atoms with van der Waals surface area (Å²) in [4.78, 5) is 12.6. The van der Waals surface area contributed by atoms with Crippen molar-refractivity contribution in [1.29, 1.82) is 0 Å². The van der Waals surface area contributed by atoms with Crippen LogP contribution in [0.4, 0.5) is 0 Å². The van der Waals surface area contributed by atoms with Gasteiger partial charge in [0.05, 0.1) is 22.8 Å². The van der Waals surface area contributed by atoms with Crippen LogP contribution in [0.1, 0.15) is 40.6 Å². The van der Waals surface area contributed by atoms with Crippen LogP contribution in [0.25, 0.3) is 0 Å². The third-order valence-electron chi connectivity index (χ3n) is 3.89. The fourth-order valence-corrected chi connectivity index (χ4v) is 3.74. The van der Waals surface area contributed by atoms with Crippen LogP contribution in [0.15, 0.2) is 45.9 Å². The van der Waals surface area contributed by atoms with E-state index >= 15 is 0 Å². The molecular weight excluding hydrogens is 302 g/mol. The van der Waals surface area contributed by atoms with Crippen molar-refractivity contribution in [2.75, 3.05) is 6.26 Å². The fourth-order valence-electron chi connectivity index (χ4n) is 2.85. The highest BCUT2D eigenvalue weighted by Crippen LogP contribution is 2.31. The Hall–Kier alpha value is -2.08. The fraction of sp³-hybridized carbons (Fsp3) is 0.312. The maximum absolute atomic E-state index is 12.5. The Morgan fingerprint density at radius 2 is 2.05 bits per heavy atom. The number of aryl methyl sites for hydroxylation is 1. The van der Waals surface area contributed by atoms with E-state index in [-0.39, 0.29) is 22.4 Å². The Bertz CT molecular complexity index is 807. The van der Waals surface area contributed by atoms with Crippen LogP contribution in [0.2, 0.25) is 0 Å². The van der Waals surface area contributed by atoms with Crippen molar-refractivity contribution in [3.8, 4) is 0 Å². The third kappa shape index (κ3) is 2.78. The summed E-state index contributed by atoms with van der Waals surface area (Å²) >= 11 is 0. The summed E-state index contributed by atoms with van der Waals surface area (Å²) in [7, 11) is -3.45. The van der Waals surface area contributed by atoms with E-state index in [2.05, 4.69) is 5.32 Å². The van der Waals surface area contributed by atoms with Gasteiger partial charge in [-0.2, -0.15) is 0 Å². The molecule has 1 unspecified atom stereocenters. The molecule has 1 amide bonds. The molecule has 6 heteroatoms. The van der Waals surface area contributed by atoms with Crippen LogP contribution in [0.5, 0.6) is 0 Å². The van der Waals surface area contributed by atoms with E-state index in [0.29, 0.717) is 0 Å². The first-order valence-electron chi connectivity index (χ1n) is 7.13. The van der Waals surface area contributed by atoms with Crippen molar-refractivity contribution < 1.29 is 17.6 Å². The van der Waals surface area contributed by atoms with E-state index < -0.39 is 9.84 Å². The zero-order valence-electron chi connectivity index (χ0n) is 12.2. The van der Waals surface area contributed by atoms with Gasteiger partial charge in [-0.25, -0.2) is 8.42 Å². The Morgan fingerprint density at radius 1 is 1.27 bits per heavy atom. The van der Waals surface area contributed by atoms with Gasteiger partial charge in [0.25, 0.3) is 5.91 Å². The summed E-state index contributed by atoms with van der Waals surface area (Å²) in [5, 5.41) is 2.93. The number of furan rings is 1. The Balaban J connectivity index is 1.89. The van der Waals surface area contributed by atoms with Gasteiger partial charge in [0.2, 0.25) is 0 Å². The molecule has 0 fully saturated rings. The van der Waals surface area contributed by atoms with Gasteiger partial charge in [-0.15, -0.1) is 0 Å². The van der Waals surface area contributed by atoms with E-state index in [4.69, 9.17) is 4.42 Å². The number of benzene rings is 1. The number of nitrogens with one attached hydrogen (secondary N) is 1. The number of carbonyl (C=O) groups excluding carboxylic acids is 1. The predicted octanol–water partition coefficient (Wildman–Crippen LogP) is 2.49. The molecule has 0 aliphatic heterocycles. The standard InChI is InChI=1S/C16H17NO4S/c1-22(19,20)15-8-3-2-5-12(15)16(18)17-13-6-4-7-14-11(13)9-10-21-14/h2-3,5,8-10,13H,4,6-7H2,1H3,(H,17,18). The van der Waals surface area contributed by atoms with E-state index in [0.717, 1.165) is 36.8 Å². The first kappa shape index (κ1) is 14.8. The molecular formula is C16H17NO4S. The normalized spacial score (nSPS) is 17.8. The smallest absolute Gasteiger partial charge is 0.253 e.